The summed E-state index contributed by atoms with van der Waals surface area (Å²) >= 11 is 0. The molecule has 0 aliphatic heterocycles. The fourth-order valence-electron chi connectivity index (χ4n) is 1.92. The maximum absolute atomic E-state index is 12.2. The number of rotatable bonds is 7. The number of methoxy groups -OCH3 is 2. The average molecular weight is 337 g/mol. The molecule has 2 rings (SSSR count). The van der Waals surface area contributed by atoms with Crippen molar-refractivity contribution in [2.75, 3.05) is 20.8 Å². The normalized spacial score (nSPS) is 16.0. The van der Waals surface area contributed by atoms with Crippen LogP contribution < -0.4 is 19.9 Å². The molecular formula is C13H21ClN2O4S. The molecule has 3 N–H and O–H groups in total. The van der Waals surface area contributed by atoms with Crippen molar-refractivity contribution in [3.8, 4) is 11.5 Å². The van der Waals surface area contributed by atoms with Gasteiger partial charge in [-0.25, -0.2) is 13.1 Å². The second-order valence-corrected chi connectivity index (χ2v) is 6.67. The van der Waals surface area contributed by atoms with Gasteiger partial charge in [-0.15, -0.1) is 12.4 Å². The smallest absolute Gasteiger partial charge is 0.240 e. The maximum Gasteiger partial charge on any atom is 0.240 e. The van der Waals surface area contributed by atoms with Crippen LogP contribution in [-0.2, 0) is 10.0 Å². The van der Waals surface area contributed by atoms with Crippen LogP contribution in [0.3, 0.4) is 0 Å². The SMILES string of the molecule is COc1cc(OC)cc(S(=O)(=O)NCC(N)C2CC2)c1.Cl. The minimum atomic E-state index is -3.62. The van der Waals surface area contributed by atoms with Crippen molar-refractivity contribution in [1.82, 2.24) is 4.72 Å². The van der Waals surface area contributed by atoms with Crippen molar-refractivity contribution < 1.29 is 17.9 Å². The molecule has 1 unspecified atom stereocenters. The van der Waals surface area contributed by atoms with Gasteiger partial charge >= 0.3 is 0 Å². The topological polar surface area (TPSA) is 90.6 Å². The Morgan fingerprint density at radius 2 is 1.76 bits per heavy atom. The van der Waals surface area contributed by atoms with Gasteiger partial charge in [-0.05, 0) is 18.8 Å². The Kier molecular flexibility index (Phi) is 6.27. The van der Waals surface area contributed by atoms with Crippen LogP contribution in [0, 0.1) is 5.92 Å². The predicted octanol–water partition coefficient (Wildman–Crippen LogP) is 1.14. The highest BCUT2D eigenvalue weighted by molar-refractivity contribution is 7.89. The van der Waals surface area contributed by atoms with Crippen molar-refractivity contribution >= 4 is 22.4 Å². The van der Waals surface area contributed by atoms with E-state index in [-0.39, 0.29) is 29.9 Å². The summed E-state index contributed by atoms with van der Waals surface area (Å²) in [5.74, 6) is 1.30. The molecule has 6 nitrogen and oxygen atoms in total. The van der Waals surface area contributed by atoms with Gasteiger partial charge in [-0.2, -0.15) is 0 Å². The first-order chi connectivity index (χ1) is 9.46. The number of benzene rings is 1. The quantitative estimate of drug-likeness (QED) is 0.779. The number of nitrogens with one attached hydrogen (secondary N) is 1. The van der Waals surface area contributed by atoms with Crippen molar-refractivity contribution in [2.24, 2.45) is 11.7 Å². The highest BCUT2D eigenvalue weighted by Gasteiger charge is 2.29. The number of ether oxygens (including phenoxy) is 2. The van der Waals surface area contributed by atoms with Gasteiger partial charge in [0, 0.05) is 30.8 Å². The van der Waals surface area contributed by atoms with Gasteiger partial charge < -0.3 is 15.2 Å². The molecule has 1 aromatic rings. The zero-order valence-electron chi connectivity index (χ0n) is 12.0. The second kappa shape index (κ2) is 7.31. The molecule has 120 valence electrons. The number of halogens is 1. The Bertz CT molecular complexity index is 553. The highest BCUT2D eigenvalue weighted by atomic mass is 35.5. The van der Waals surface area contributed by atoms with Crippen molar-refractivity contribution in [2.45, 2.75) is 23.8 Å². The molecule has 0 bridgehead atoms. The van der Waals surface area contributed by atoms with E-state index >= 15 is 0 Å². The lowest BCUT2D eigenvalue weighted by Gasteiger charge is -2.13. The second-order valence-electron chi connectivity index (χ2n) is 4.90. The van der Waals surface area contributed by atoms with E-state index in [0.29, 0.717) is 17.4 Å². The molecule has 0 aromatic heterocycles. The molecule has 0 heterocycles. The van der Waals surface area contributed by atoms with Gasteiger partial charge in [0.15, 0.2) is 0 Å². The van der Waals surface area contributed by atoms with Crippen molar-refractivity contribution in [3.63, 3.8) is 0 Å². The zero-order valence-corrected chi connectivity index (χ0v) is 13.7. The lowest BCUT2D eigenvalue weighted by molar-refractivity contribution is 0.392. The Hall–Kier alpha value is -1.02. The Morgan fingerprint density at radius 1 is 1.24 bits per heavy atom. The van der Waals surface area contributed by atoms with Gasteiger partial charge in [0.2, 0.25) is 10.0 Å². The minimum absolute atomic E-state index is 0. The van der Waals surface area contributed by atoms with E-state index in [9.17, 15) is 8.42 Å². The molecular weight excluding hydrogens is 316 g/mol. The maximum atomic E-state index is 12.2. The van der Waals surface area contributed by atoms with Crippen LogP contribution in [0.2, 0.25) is 0 Å². The Labute approximate surface area is 131 Å². The first-order valence-corrected chi connectivity index (χ1v) is 7.93. The van der Waals surface area contributed by atoms with Gasteiger partial charge in [-0.1, -0.05) is 0 Å². The lowest BCUT2D eigenvalue weighted by atomic mass is 10.2. The number of hydrogen-bond acceptors (Lipinski definition) is 5. The van der Waals surface area contributed by atoms with Gasteiger partial charge in [0.25, 0.3) is 0 Å². The first-order valence-electron chi connectivity index (χ1n) is 6.44. The third-order valence-corrected chi connectivity index (χ3v) is 4.77. The lowest BCUT2D eigenvalue weighted by Crippen LogP contribution is -2.38. The molecule has 1 aliphatic rings. The first kappa shape index (κ1) is 18.0. The third kappa shape index (κ3) is 4.74. The molecule has 1 fully saturated rings. The largest absolute Gasteiger partial charge is 0.497 e. The molecule has 1 saturated carbocycles. The molecule has 0 spiro atoms. The summed E-state index contributed by atoms with van der Waals surface area (Å²) in [6, 6.07) is 4.40. The standard InChI is InChI=1S/C13H20N2O4S.ClH/c1-18-10-5-11(19-2)7-12(6-10)20(16,17)15-8-13(14)9-3-4-9;/h5-7,9,13,15H,3-4,8,14H2,1-2H3;1H. The number of sulfonamides is 1. The predicted molar refractivity (Wildman–Crippen MR) is 82.7 cm³/mol. The molecule has 0 radical (unpaired) electrons. The van der Waals surface area contributed by atoms with Gasteiger partial charge in [-0.3, -0.25) is 0 Å². The minimum Gasteiger partial charge on any atom is -0.497 e. The summed E-state index contributed by atoms with van der Waals surface area (Å²) in [4.78, 5) is 0.108. The molecule has 8 heteroatoms. The van der Waals surface area contributed by atoms with Crippen molar-refractivity contribution in [3.05, 3.63) is 18.2 Å². The summed E-state index contributed by atoms with van der Waals surface area (Å²) in [5.41, 5.74) is 5.90. The third-order valence-electron chi connectivity index (χ3n) is 3.37. The van der Waals surface area contributed by atoms with Gasteiger partial charge in [0.05, 0.1) is 19.1 Å². The van der Waals surface area contributed by atoms with E-state index in [0.717, 1.165) is 12.8 Å². The Balaban J connectivity index is 0.00000220. The molecule has 0 amide bonds. The highest BCUT2D eigenvalue weighted by Crippen LogP contribution is 2.31. The zero-order chi connectivity index (χ0) is 14.8. The number of hydrogen-bond donors (Lipinski definition) is 2. The summed E-state index contributed by atoms with van der Waals surface area (Å²) in [6.07, 6.45) is 2.16. The van der Waals surface area contributed by atoms with Crippen LogP contribution in [0.25, 0.3) is 0 Å². The van der Waals surface area contributed by atoms with E-state index in [2.05, 4.69) is 4.72 Å². The van der Waals surface area contributed by atoms with Gasteiger partial charge in [0.1, 0.15) is 11.5 Å². The molecule has 1 aromatic carbocycles. The van der Waals surface area contributed by atoms with E-state index in [4.69, 9.17) is 15.2 Å². The van der Waals surface area contributed by atoms with E-state index < -0.39 is 10.0 Å². The van der Waals surface area contributed by atoms with Crippen LogP contribution in [0.4, 0.5) is 0 Å². The van der Waals surface area contributed by atoms with Crippen LogP contribution in [0.5, 0.6) is 11.5 Å². The van der Waals surface area contributed by atoms with E-state index in [1.807, 2.05) is 0 Å². The van der Waals surface area contributed by atoms with E-state index in [1.54, 1.807) is 6.07 Å². The monoisotopic (exact) mass is 336 g/mol. The van der Waals surface area contributed by atoms with Crippen LogP contribution >= 0.6 is 12.4 Å². The van der Waals surface area contributed by atoms with Crippen LogP contribution in [0.15, 0.2) is 23.1 Å². The fourth-order valence-corrected chi connectivity index (χ4v) is 3.04. The molecule has 0 saturated heterocycles. The summed E-state index contributed by atoms with van der Waals surface area (Å²) in [7, 11) is -0.669. The summed E-state index contributed by atoms with van der Waals surface area (Å²) < 4.78 is 37.2. The van der Waals surface area contributed by atoms with E-state index in [1.165, 1.54) is 26.4 Å². The summed E-state index contributed by atoms with van der Waals surface area (Å²) in [5, 5.41) is 0. The fraction of sp³-hybridized carbons (Fsp3) is 0.538. The van der Waals surface area contributed by atoms with Crippen LogP contribution in [-0.4, -0.2) is 35.2 Å². The molecule has 1 atom stereocenters. The number of nitrogens with two attached hydrogens (primary N) is 1. The molecule has 1 aliphatic carbocycles. The average Bonchev–Trinajstić information content (AvgIpc) is 3.28. The summed E-state index contributed by atoms with van der Waals surface area (Å²) in [6.45, 7) is 0.243. The van der Waals surface area contributed by atoms with Crippen LogP contribution in [0.1, 0.15) is 12.8 Å². The Morgan fingerprint density at radius 3 is 2.19 bits per heavy atom. The van der Waals surface area contributed by atoms with Crippen molar-refractivity contribution in [1.29, 1.82) is 0 Å². The molecule has 21 heavy (non-hydrogen) atoms.